The third-order valence-corrected chi connectivity index (χ3v) is 17.9. The minimum absolute atomic E-state index is 0.0690. The maximum atomic E-state index is 12.9. The third-order valence-electron chi connectivity index (χ3n) is 8.89. The lowest BCUT2D eigenvalue weighted by Gasteiger charge is -2.40. The molecule has 0 saturated carbocycles. The van der Waals surface area contributed by atoms with Gasteiger partial charge in [0.25, 0.3) is 5.56 Å². The predicted molar refractivity (Wildman–Crippen MR) is 155 cm³/mol. The highest BCUT2D eigenvalue weighted by atomic mass is 28.4. The molecule has 0 aromatic carbocycles. The smallest absolute Gasteiger partial charge is 0.280 e. The van der Waals surface area contributed by atoms with E-state index in [1.54, 1.807) is 6.33 Å². The van der Waals surface area contributed by atoms with Gasteiger partial charge in [-0.25, -0.2) is 4.98 Å². The van der Waals surface area contributed by atoms with Gasteiger partial charge >= 0.3 is 0 Å². The van der Waals surface area contributed by atoms with Crippen LogP contribution in [0.2, 0.25) is 36.3 Å². The molecule has 0 spiro atoms. The molecule has 4 rings (SSSR count). The summed E-state index contributed by atoms with van der Waals surface area (Å²) in [6.07, 6.45) is 1.62. The first-order chi connectivity index (χ1) is 17.5. The van der Waals surface area contributed by atoms with Crippen molar-refractivity contribution in [3.8, 4) is 0 Å². The van der Waals surface area contributed by atoms with E-state index in [-0.39, 0.29) is 34.1 Å². The van der Waals surface area contributed by atoms with E-state index in [9.17, 15) is 4.79 Å². The molecule has 0 aliphatic carbocycles. The number of aromatic nitrogens is 4. The Morgan fingerprint density at radius 1 is 1.05 bits per heavy atom. The zero-order chi connectivity index (χ0) is 28.1. The van der Waals surface area contributed by atoms with Gasteiger partial charge in [-0.1, -0.05) is 41.5 Å². The van der Waals surface area contributed by atoms with Gasteiger partial charge in [-0.05, 0) is 36.3 Å². The number of aromatic amines is 1. The van der Waals surface area contributed by atoms with Crippen LogP contribution in [0.5, 0.6) is 0 Å². The quantitative estimate of drug-likeness (QED) is 0.484. The summed E-state index contributed by atoms with van der Waals surface area (Å²) in [5.74, 6) is 0.539. The minimum Gasteiger partial charge on any atom is -0.414 e. The largest absolute Gasteiger partial charge is 0.414 e. The fraction of sp³-hybridized carbons (Fsp3) is 0.808. The van der Waals surface area contributed by atoms with Gasteiger partial charge in [0.2, 0.25) is 5.95 Å². The van der Waals surface area contributed by atoms with Gasteiger partial charge in [0, 0.05) is 19.5 Å². The van der Waals surface area contributed by atoms with E-state index >= 15 is 0 Å². The van der Waals surface area contributed by atoms with Crippen molar-refractivity contribution in [3.63, 3.8) is 0 Å². The van der Waals surface area contributed by atoms with Gasteiger partial charge in [-0.2, -0.15) is 4.98 Å². The second-order valence-electron chi connectivity index (χ2n) is 13.7. The molecule has 2 aliphatic rings. The first-order valence-corrected chi connectivity index (χ1v) is 19.6. The Labute approximate surface area is 228 Å². The van der Waals surface area contributed by atoms with E-state index < -0.39 is 16.6 Å². The van der Waals surface area contributed by atoms with Gasteiger partial charge in [0.05, 0.1) is 32.3 Å². The Morgan fingerprint density at radius 2 is 1.68 bits per heavy atom. The van der Waals surface area contributed by atoms with Crippen molar-refractivity contribution in [2.75, 3.05) is 37.8 Å². The predicted octanol–water partition coefficient (Wildman–Crippen LogP) is 4.66. The van der Waals surface area contributed by atoms with Crippen LogP contribution in [-0.2, 0) is 18.3 Å². The third kappa shape index (κ3) is 5.95. The van der Waals surface area contributed by atoms with Crippen molar-refractivity contribution in [2.45, 2.75) is 103 Å². The number of morpholine rings is 1. The van der Waals surface area contributed by atoms with Crippen LogP contribution in [0.15, 0.2) is 11.1 Å². The second-order valence-corrected chi connectivity index (χ2v) is 23.2. The van der Waals surface area contributed by atoms with Gasteiger partial charge in [0.1, 0.15) is 12.3 Å². The van der Waals surface area contributed by atoms with Crippen LogP contribution in [0.3, 0.4) is 0 Å². The molecular weight excluding hydrogens is 518 g/mol. The van der Waals surface area contributed by atoms with Crippen LogP contribution >= 0.6 is 0 Å². The number of H-pyrrole nitrogens is 1. The Bertz CT molecular complexity index is 1180. The van der Waals surface area contributed by atoms with Crippen LogP contribution in [0.4, 0.5) is 5.95 Å². The molecule has 3 atom stereocenters. The molecule has 12 heteroatoms. The number of nitrogens with zero attached hydrogens (tertiary/aromatic N) is 4. The Hall–Kier alpha value is -1.58. The number of ether oxygens (including phenoxy) is 2. The van der Waals surface area contributed by atoms with Gasteiger partial charge in [-0.3, -0.25) is 14.3 Å². The molecule has 0 radical (unpaired) electrons. The van der Waals surface area contributed by atoms with E-state index in [0.717, 1.165) is 0 Å². The molecule has 0 amide bonds. The average molecular weight is 566 g/mol. The van der Waals surface area contributed by atoms with Crippen LogP contribution in [0.1, 0.15) is 54.2 Å². The molecule has 2 aliphatic heterocycles. The molecule has 2 aromatic heterocycles. The normalized spacial score (nSPS) is 23.9. The monoisotopic (exact) mass is 565 g/mol. The number of nitrogens with one attached hydrogen (secondary N) is 1. The maximum absolute atomic E-state index is 12.9. The molecule has 2 saturated heterocycles. The molecule has 2 fully saturated rings. The lowest BCUT2D eigenvalue weighted by molar-refractivity contribution is -0.0383. The zero-order valence-corrected chi connectivity index (χ0v) is 26.9. The summed E-state index contributed by atoms with van der Waals surface area (Å²) in [5, 5.41) is 0.168. The molecule has 38 heavy (non-hydrogen) atoms. The summed E-state index contributed by atoms with van der Waals surface area (Å²) >= 11 is 0. The van der Waals surface area contributed by atoms with Gasteiger partial charge < -0.3 is 23.2 Å². The molecule has 4 heterocycles. The summed E-state index contributed by atoms with van der Waals surface area (Å²) < 4.78 is 27.5. The summed E-state index contributed by atoms with van der Waals surface area (Å²) in [6, 6.07) is 0. The Morgan fingerprint density at radius 3 is 2.29 bits per heavy atom. The lowest BCUT2D eigenvalue weighted by atomic mass is 10.2. The molecular formula is C26H47N5O5Si2. The van der Waals surface area contributed by atoms with Crippen LogP contribution in [0.25, 0.3) is 11.2 Å². The molecule has 214 valence electrons. The summed E-state index contributed by atoms with van der Waals surface area (Å²) in [7, 11) is -4.05. The van der Waals surface area contributed by atoms with Gasteiger partial charge in [0.15, 0.2) is 27.8 Å². The van der Waals surface area contributed by atoms with Crippen molar-refractivity contribution in [3.05, 3.63) is 16.7 Å². The fourth-order valence-electron chi connectivity index (χ4n) is 4.26. The highest BCUT2D eigenvalue weighted by Crippen LogP contribution is 2.42. The first-order valence-electron chi connectivity index (χ1n) is 13.8. The van der Waals surface area contributed by atoms with Crippen LogP contribution in [0, 0.1) is 0 Å². The standard InChI is InChI=1S/C26H47N5O5Si2/c1-25(2,3)37(7,8)34-16-19-18(36-38(9,10)26(4,5)6)15-20(35-19)31-17-27-21-22(31)28-24(29-23(21)32)30-11-13-33-14-12-30/h17-20H,11-16H2,1-10H3,(H,28,29,32)/t18-,19+,20+/m0/s1. The van der Waals surface area contributed by atoms with Crippen LogP contribution < -0.4 is 10.5 Å². The number of hydrogen-bond donors (Lipinski definition) is 1. The molecule has 1 N–H and O–H groups in total. The van der Waals surface area contributed by atoms with Crippen molar-refractivity contribution < 1.29 is 18.3 Å². The highest BCUT2D eigenvalue weighted by molar-refractivity contribution is 6.74. The Kier molecular flexibility index (Phi) is 8.08. The number of hydrogen-bond acceptors (Lipinski definition) is 8. The summed E-state index contributed by atoms with van der Waals surface area (Å²) in [4.78, 5) is 27.1. The molecule has 10 nitrogen and oxygen atoms in total. The van der Waals surface area contributed by atoms with E-state index in [4.69, 9.17) is 23.3 Å². The maximum Gasteiger partial charge on any atom is 0.280 e. The lowest BCUT2D eigenvalue weighted by Crippen LogP contribution is -2.48. The number of rotatable bonds is 7. The molecule has 0 unspecified atom stereocenters. The fourth-order valence-corrected chi connectivity index (χ4v) is 6.63. The minimum atomic E-state index is -2.07. The average Bonchev–Trinajstić information content (AvgIpc) is 3.40. The van der Waals surface area contributed by atoms with Crippen molar-refractivity contribution >= 4 is 33.7 Å². The Balaban J connectivity index is 1.64. The zero-order valence-electron chi connectivity index (χ0n) is 24.9. The van der Waals surface area contributed by atoms with Crippen molar-refractivity contribution in [1.29, 1.82) is 0 Å². The van der Waals surface area contributed by atoms with E-state index in [2.05, 4.69) is 77.7 Å². The van der Waals surface area contributed by atoms with E-state index in [0.29, 0.717) is 56.4 Å². The van der Waals surface area contributed by atoms with E-state index in [1.807, 2.05) is 9.47 Å². The van der Waals surface area contributed by atoms with Crippen LogP contribution in [-0.4, -0.2) is 81.3 Å². The first kappa shape index (κ1) is 29.4. The number of anilines is 1. The van der Waals surface area contributed by atoms with Crippen molar-refractivity contribution in [1.82, 2.24) is 19.5 Å². The molecule has 0 bridgehead atoms. The SMILES string of the molecule is CC(C)(C)[Si](C)(C)OC[C@H]1O[C@@H](n2cnc3c(=O)[nH]c(N4CCOCC4)nc32)C[C@@H]1O[Si](C)(C)C(C)(C)C. The highest BCUT2D eigenvalue weighted by Gasteiger charge is 2.47. The summed E-state index contributed by atoms with van der Waals surface area (Å²) in [5.41, 5.74) is 0.589. The second kappa shape index (κ2) is 10.4. The molecule has 2 aromatic rings. The summed E-state index contributed by atoms with van der Waals surface area (Å²) in [6.45, 7) is 25.6. The number of imidazole rings is 1. The van der Waals surface area contributed by atoms with Crippen molar-refractivity contribution in [2.24, 2.45) is 0 Å². The van der Waals surface area contributed by atoms with E-state index in [1.165, 1.54) is 0 Å². The van der Waals surface area contributed by atoms with Gasteiger partial charge in [-0.15, -0.1) is 0 Å². The topological polar surface area (TPSA) is 104 Å². The number of fused-ring (bicyclic) bond motifs is 1.